The monoisotopic (exact) mass is 156 g/mol. The highest BCUT2D eigenvalue weighted by molar-refractivity contribution is 4.61. The van der Waals surface area contributed by atoms with Crippen molar-refractivity contribution in [3.05, 3.63) is 10.4 Å². The molecule has 5 nitrogen and oxygen atoms in total. The van der Waals surface area contributed by atoms with Crippen LogP contribution in [0.1, 0.15) is 12.8 Å². The average Bonchev–Trinajstić information content (AvgIpc) is 2.50. The number of azide groups is 1. The Morgan fingerprint density at radius 3 is 2.82 bits per heavy atom. The van der Waals surface area contributed by atoms with Crippen molar-refractivity contribution in [2.24, 2.45) is 5.11 Å². The molecule has 0 aliphatic carbocycles. The van der Waals surface area contributed by atoms with Crippen LogP contribution in [-0.2, 0) is 4.74 Å². The lowest BCUT2D eigenvalue weighted by molar-refractivity contribution is 0.0458. The minimum Gasteiger partial charge on any atom is -0.360 e. The van der Waals surface area contributed by atoms with Crippen LogP contribution in [0.5, 0.6) is 0 Å². The molecule has 5 heteroatoms. The first kappa shape index (κ1) is 8.33. The number of hydrogen-bond donors (Lipinski definition) is 0. The Morgan fingerprint density at radius 2 is 2.18 bits per heavy atom. The molecule has 0 aromatic heterocycles. The molecule has 0 aromatic carbocycles. The predicted octanol–water partition coefficient (Wildman–Crippen LogP) is 1.32. The second-order valence-corrected chi connectivity index (χ2v) is 2.52. The van der Waals surface area contributed by atoms with Crippen LogP contribution in [0.3, 0.4) is 0 Å². The van der Waals surface area contributed by atoms with Crippen molar-refractivity contribution < 1.29 is 4.74 Å². The summed E-state index contributed by atoms with van der Waals surface area (Å²) in [7, 11) is 0. The second kappa shape index (κ2) is 4.96. The molecule has 0 aromatic rings. The van der Waals surface area contributed by atoms with Crippen LogP contribution in [0, 0.1) is 0 Å². The van der Waals surface area contributed by atoms with Gasteiger partial charge < -0.3 is 4.74 Å². The van der Waals surface area contributed by atoms with Crippen molar-refractivity contribution in [3.8, 4) is 0 Å². The van der Waals surface area contributed by atoms with Gasteiger partial charge in [0.15, 0.2) is 0 Å². The average molecular weight is 156 g/mol. The fourth-order valence-electron chi connectivity index (χ4n) is 1.15. The first-order valence-electron chi connectivity index (χ1n) is 3.74. The molecule has 0 unspecified atom stereocenters. The molecule has 1 aliphatic heterocycles. The maximum absolute atomic E-state index is 7.92. The molecule has 0 spiro atoms. The Morgan fingerprint density at radius 1 is 1.45 bits per heavy atom. The van der Waals surface area contributed by atoms with Crippen molar-refractivity contribution in [3.63, 3.8) is 0 Å². The number of hydrogen-bond acceptors (Lipinski definition) is 3. The quantitative estimate of drug-likeness (QED) is 0.267. The zero-order valence-electron chi connectivity index (χ0n) is 6.44. The van der Waals surface area contributed by atoms with Gasteiger partial charge in [0.1, 0.15) is 6.73 Å². The Hall–Kier alpha value is -0.770. The third-order valence-corrected chi connectivity index (χ3v) is 1.68. The lowest BCUT2D eigenvalue weighted by atomic mass is 10.4. The summed E-state index contributed by atoms with van der Waals surface area (Å²) in [5, 5.41) is 3.26. The SMILES string of the molecule is [N-]=[N+]=NCOCN1CCCC1. The van der Waals surface area contributed by atoms with E-state index in [0.29, 0.717) is 6.73 Å². The van der Waals surface area contributed by atoms with Crippen LogP contribution in [-0.4, -0.2) is 31.5 Å². The van der Waals surface area contributed by atoms with E-state index in [1.165, 1.54) is 12.8 Å². The summed E-state index contributed by atoms with van der Waals surface area (Å²) in [5.74, 6) is 0. The highest BCUT2D eigenvalue weighted by Gasteiger charge is 2.09. The van der Waals surface area contributed by atoms with E-state index in [4.69, 9.17) is 10.3 Å². The van der Waals surface area contributed by atoms with Crippen LogP contribution in [0.25, 0.3) is 10.4 Å². The van der Waals surface area contributed by atoms with E-state index in [1.54, 1.807) is 0 Å². The van der Waals surface area contributed by atoms with Gasteiger partial charge in [-0.05, 0) is 18.4 Å². The van der Waals surface area contributed by atoms with Crippen molar-refractivity contribution in [2.45, 2.75) is 12.8 Å². The van der Waals surface area contributed by atoms with E-state index in [-0.39, 0.29) is 6.73 Å². The second-order valence-electron chi connectivity index (χ2n) is 2.52. The molecule has 1 saturated heterocycles. The van der Waals surface area contributed by atoms with Gasteiger partial charge in [-0.15, -0.1) is 0 Å². The largest absolute Gasteiger partial charge is 0.360 e. The van der Waals surface area contributed by atoms with Gasteiger partial charge in [-0.2, -0.15) is 0 Å². The van der Waals surface area contributed by atoms with Crippen LogP contribution >= 0.6 is 0 Å². The normalized spacial score (nSPS) is 18.2. The molecule has 0 amide bonds. The van der Waals surface area contributed by atoms with Crippen molar-refractivity contribution in [1.82, 2.24) is 4.90 Å². The van der Waals surface area contributed by atoms with Gasteiger partial charge in [0.25, 0.3) is 0 Å². The lowest BCUT2D eigenvalue weighted by Gasteiger charge is -2.12. The summed E-state index contributed by atoms with van der Waals surface area (Å²) >= 11 is 0. The fourth-order valence-corrected chi connectivity index (χ4v) is 1.15. The molecule has 0 N–H and O–H groups in total. The summed E-state index contributed by atoms with van der Waals surface area (Å²) in [6.07, 6.45) is 2.51. The van der Waals surface area contributed by atoms with Gasteiger partial charge in [0, 0.05) is 18.0 Å². The Kier molecular flexibility index (Phi) is 3.75. The van der Waals surface area contributed by atoms with Crippen LogP contribution in [0.4, 0.5) is 0 Å². The zero-order chi connectivity index (χ0) is 7.94. The summed E-state index contributed by atoms with van der Waals surface area (Å²) < 4.78 is 5.06. The third-order valence-electron chi connectivity index (χ3n) is 1.68. The maximum Gasteiger partial charge on any atom is 0.127 e. The number of likely N-dealkylation sites (tertiary alicyclic amines) is 1. The highest BCUT2D eigenvalue weighted by Crippen LogP contribution is 2.06. The molecular formula is C6H12N4O. The van der Waals surface area contributed by atoms with Gasteiger partial charge in [-0.3, -0.25) is 4.90 Å². The van der Waals surface area contributed by atoms with Gasteiger partial charge >= 0.3 is 0 Å². The van der Waals surface area contributed by atoms with Crippen molar-refractivity contribution >= 4 is 0 Å². The highest BCUT2D eigenvalue weighted by atomic mass is 16.5. The predicted molar refractivity (Wildman–Crippen MR) is 40.8 cm³/mol. The van der Waals surface area contributed by atoms with Crippen molar-refractivity contribution in [2.75, 3.05) is 26.6 Å². The fraction of sp³-hybridized carbons (Fsp3) is 1.00. The topological polar surface area (TPSA) is 61.2 Å². The van der Waals surface area contributed by atoms with Gasteiger partial charge in [-0.1, -0.05) is 5.11 Å². The molecule has 1 aliphatic rings. The van der Waals surface area contributed by atoms with Gasteiger partial charge in [-0.25, -0.2) is 0 Å². The molecule has 1 fully saturated rings. The van der Waals surface area contributed by atoms with E-state index in [1.807, 2.05) is 0 Å². The molecule has 0 radical (unpaired) electrons. The standard InChI is InChI=1S/C6H12N4O/c7-9-8-5-11-6-10-3-1-2-4-10/h1-6H2. The molecule has 62 valence electrons. The Balaban J connectivity index is 1.97. The van der Waals surface area contributed by atoms with Crippen LogP contribution in [0.2, 0.25) is 0 Å². The van der Waals surface area contributed by atoms with Gasteiger partial charge in [0.05, 0.1) is 6.73 Å². The van der Waals surface area contributed by atoms with Crippen LogP contribution < -0.4 is 0 Å². The van der Waals surface area contributed by atoms with E-state index >= 15 is 0 Å². The Labute approximate surface area is 65.6 Å². The van der Waals surface area contributed by atoms with Crippen LogP contribution in [0.15, 0.2) is 5.11 Å². The van der Waals surface area contributed by atoms with Crippen molar-refractivity contribution in [1.29, 1.82) is 0 Å². The van der Waals surface area contributed by atoms with E-state index < -0.39 is 0 Å². The molecule has 0 saturated carbocycles. The minimum absolute atomic E-state index is 0.146. The first-order chi connectivity index (χ1) is 5.43. The summed E-state index contributed by atoms with van der Waals surface area (Å²) in [6, 6.07) is 0. The molecule has 1 rings (SSSR count). The summed E-state index contributed by atoms with van der Waals surface area (Å²) in [6.45, 7) is 2.96. The first-order valence-corrected chi connectivity index (χ1v) is 3.74. The number of ether oxygens (including phenoxy) is 1. The van der Waals surface area contributed by atoms with E-state index in [0.717, 1.165) is 13.1 Å². The summed E-state index contributed by atoms with van der Waals surface area (Å²) in [4.78, 5) is 4.78. The van der Waals surface area contributed by atoms with Gasteiger partial charge in [0.2, 0.25) is 0 Å². The molecular weight excluding hydrogens is 144 g/mol. The maximum atomic E-state index is 7.92. The molecule has 0 atom stereocenters. The summed E-state index contributed by atoms with van der Waals surface area (Å²) in [5.41, 5.74) is 7.92. The van der Waals surface area contributed by atoms with E-state index in [9.17, 15) is 0 Å². The molecule has 1 heterocycles. The zero-order valence-corrected chi connectivity index (χ0v) is 6.44. The Bertz CT molecular complexity index is 149. The molecule has 0 bridgehead atoms. The number of nitrogens with zero attached hydrogens (tertiary/aromatic N) is 4. The smallest absolute Gasteiger partial charge is 0.127 e. The minimum atomic E-state index is 0.146. The molecule has 11 heavy (non-hydrogen) atoms. The number of rotatable bonds is 4. The lowest BCUT2D eigenvalue weighted by Crippen LogP contribution is -2.22. The van der Waals surface area contributed by atoms with E-state index in [2.05, 4.69) is 14.9 Å². The third kappa shape index (κ3) is 3.23.